The van der Waals surface area contributed by atoms with Crippen molar-refractivity contribution in [2.24, 2.45) is 0 Å². The molecule has 0 radical (unpaired) electrons. The molecule has 6 nitrogen and oxygen atoms in total. The molecule has 30 heavy (non-hydrogen) atoms. The molecule has 0 N–H and O–H groups in total. The molecule has 1 aliphatic heterocycles. The molecule has 1 fully saturated rings. The van der Waals surface area contributed by atoms with Gasteiger partial charge in [0.05, 0.1) is 35.3 Å². The molecule has 3 aromatic rings. The maximum absolute atomic E-state index is 14.3. The second-order valence-electron chi connectivity index (χ2n) is 6.84. The summed E-state index contributed by atoms with van der Waals surface area (Å²) in [5, 5.41) is 2.02. The van der Waals surface area contributed by atoms with E-state index in [0.717, 1.165) is 12.1 Å². The quantitative estimate of drug-likeness (QED) is 0.599. The van der Waals surface area contributed by atoms with E-state index in [2.05, 4.69) is 11.6 Å². The van der Waals surface area contributed by atoms with Crippen LogP contribution in [0, 0.1) is 11.6 Å². The average molecular weight is 431 g/mol. The SMILES string of the molecule is C=CC(=O)N1CCN(n2c(=O)cnc3cc(-c4ccc(F)cc4F)c(Cl)cc32)CC1. The number of carbonyl (C=O) groups excluding carboxylic acids is 1. The van der Waals surface area contributed by atoms with Crippen LogP contribution >= 0.6 is 11.6 Å². The van der Waals surface area contributed by atoms with Crippen LogP contribution in [0.5, 0.6) is 0 Å². The lowest BCUT2D eigenvalue weighted by molar-refractivity contribution is -0.126. The summed E-state index contributed by atoms with van der Waals surface area (Å²) in [5.41, 5.74) is 1.03. The number of carbonyl (C=O) groups is 1. The van der Waals surface area contributed by atoms with Gasteiger partial charge in [-0.3, -0.25) is 9.59 Å². The number of benzene rings is 2. The molecule has 4 rings (SSSR count). The Balaban J connectivity index is 1.76. The van der Waals surface area contributed by atoms with E-state index in [4.69, 9.17) is 11.6 Å². The van der Waals surface area contributed by atoms with Gasteiger partial charge in [0.25, 0.3) is 5.56 Å². The number of halogens is 3. The molecule has 1 aromatic heterocycles. The molecule has 2 heterocycles. The van der Waals surface area contributed by atoms with Crippen molar-refractivity contribution in [2.45, 2.75) is 0 Å². The summed E-state index contributed by atoms with van der Waals surface area (Å²) in [4.78, 5) is 30.2. The Labute approximate surface area is 175 Å². The van der Waals surface area contributed by atoms with Crippen LogP contribution in [-0.4, -0.2) is 46.6 Å². The Hall–Kier alpha value is -3.26. The third kappa shape index (κ3) is 3.54. The lowest BCUT2D eigenvalue weighted by Gasteiger charge is -2.36. The van der Waals surface area contributed by atoms with E-state index in [1.807, 2.05) is 5.01 Å². The standard InChI is InChI=1S/C21H17ClF2N4O2/c1-2-20(29)26-5-7-27(8-6-26)28-19-11-16(22)15(10-18(19)25-12-21(28)30)14-4-3-13(23)9-17(14)24/h2-4,9-12H,1,5-8H2. The van der Waals surface area contributed by atoms with Gasteiger partial charge in [-0.15, -0.1) is 0 Å². The van der Waals surface area contributed by atoms with Crippen molar-refractivity contribution in [3.63, 3.8) is 0 Å². The molecule has 1 aliphatic rings. The Kier molecular flexibility index (Phi) is 5.26. The van der Waals surface area contributed by atoms with Crippen molar-refractivity contribution in [3.8, 4) is 11.1 Å². The number of hydrogen-bond acceptors (Lipinski definition) is 4. The average Bonchev–Trinajstić information content (AvgIpc) is 2.73. The first kappa shape index (κ1) is 20.0. The van der Waals surface area contributed by atoms with E-state index in [1.54, 1.807) is 17.0 Å². The highest BCUT2D eigenvalue weighted by Gasteiger charge is 2.22. The fraction of sp³-hybridized carbons (Fsp3) is 0.190. The molecule has 0 aliphatic carbocycles. The van der Waals surface area contributed by atoms with E-state index in [9.17, 15) is 18.4 Å². The predicted octanol–water partition coefficient (Wildman–Crippen LogP) is 2.96. The molecule has 1 amide bonds. The fourth-order valence-corrected chi connectivity index (χ4v) is 3.83. The van der Waals surface area contributed by atoms with Crippen LogP contribution in [0.2, 0.25) is 5.02 Å². The predicted molar refractivity (Wildman–Crippen MR) is 111 cm³/mol. The van der Waals surface area contributed by atoms with Crippen molar-refractivity contribution in [1.82, 2.24) is 14.6 Å². The monoisotopic (exact) mass is 430 g/mol. The van der Waals surface area contributed by atoms with Gasteiger partial charge in [0.15, 0.2) is 0 Å². The summed E-state index contributed by atoms with van der Waals surface area (Å²) in [6.45, 7) is 5.24. The lowest BCUT2D eigenvalue weighted by Crippen LogP contribution is -2.55. The minimum Gasteiger partial charge on any atom is -0.335 e. The Bertz CT molecular complexity index is 1220. The highest BCUT2D eigenvalue weighted by molar-refractivity contribution is 6.34. The normalized spacial score (nSPS) is 14.2. The molecule has 0 spiro atoms. The van der Waals surface area contributed by atoms with Gasteiger partial charge in [0, 0.05) is 30.3 Å². The van der Waals surface area contributed by atoms with Crippen LogP contribution in [0.15, 0.2) is 54.0 Å². The number of aromatic nitrogens is 2. The largest absolute Gasteiger partial charge is 0.335 e. The van der Waals surface area contributed by atoms with E-state index in [0.29, 0.717) is 42.8 Å². The highest BCUT2D eigenvalue weighted by atomic mass is 35.5. The molecule has 154 valence electrons. The van der Waals surface area contributed by atoms with Gasteiger partial charge in [0.2, 0.25) is 5.91 Å². The van der Waals surface area contributed by atoms with E-state index < -0.39 is 11.6 Å². The summed E-state index contributed by atoms with van der Waals surface area (Å²) in [5.74, 6) is -1.59. The number of fused-ring (bicyclic) bond motifs is 1. The summed E-state index contributed by atoms with van der Waals surface area (Å²) >= 11 is 6.41. The second-order valence-corrected chi connectivity index (χ2v) is 7.24. The van der Waals surface area contributed by atoms with E-state index in [1.165, 1.54) is 23.0 Å². The van der Waals surface area contributed by atoms with Crippen molar-refractivity contribution < 1.29 is 13.6 Å². The molecular formula is C21H17ClF2N4O2. The minimum absolute atomic E-state index is 0.138. The minimum atomic E-state index is -0.743. The van der Waals surface area contributed by atoms with E-state index in [-0.39, 0.29) is 22.1 Å². The molecule has 0 atom stereocenters. The smallest absolute Gasteiger partial charge is 0.288 e. The first-order chi connectivity index (χ1) is 14.4. The molecule has 1 saturated heterocycles. The molecular weight excluding hydrogens is 414 g/mol. The first-order valence-corrected chi connectivity index (χ1v) is 9.60. The van der Waals surface area contributed by atoms with Crippen molar-refractivity contribution in [1.29, 1.82) is 0 Å². The maximum atomic E-state index is 14.3. The zero-order valence-electron chi connectivity index (χ0n) is 15.8. The van der Waals surface area contributed by atoms with Crippen LogP contribution in [-0.2, 0) is 4.79 Å². The Morgan fingerprint density at radius 3 is 2.50 bits per heavy atom. The van der Waals surface area contributed by atoms with Gasteiger partial charge in [-0.2, -0.15) is 0 Å². The van der Waals surface area contributed by atoms with Crippen LogP contribution in [0.25, 0.3) is 22.2 Å². The molecule has 0 saturated carbocycles. The third-order valence-corrected chi connectivity index (χ3v) is 5.37. The third-order valence-electron chi connectivity index (χ3n) is 5.06. The van der Waals surface area contributed by atoms with Gasteiger partial charge in [-0.1, -0.05) is 18.2 Å². The Morgan fingerprint density at radius 1 is 1.10 bits per heavy atom. The topological polar surface area (TPSA) is 58.4 Å². The molecule has 0 unspecified atom stereocenters. The van der Waals surface area contributed by atoms with Gasteiger partial charge in [0.1, 0.15) is 11.6 Å². The van der Waals surface area contributed by atoms with Crippen LogP contribution < -0.4 is 10.6 Å². The maximum Gasteiger partial charge on any atom is 0.288 e. The van der Waals surface area contributed by atoms with Crippen LogP contribution in [0.1, 0.15) is 0 Å². The summed E-state index contributed by atoms with van der Waals surface area (Å²) in [7, 11) is 0. The van der Waals surface area contributed by atoms with Crippen molar-refractivity contribution >= 4 is 28.5 Å². The second kappa shape index (κ2) is 7.87. The molecule has 2 aromatic carbocycles. The summed E-state index contributed by atoms with van der Waals surface area (Å²) in [6.07, 6.45) is 2.45. The lowest BCUT2D eigenvalue weighted by atomic mass is 10.0. The fourth-order valence-electron chi connectivity index (χ4n) is 3.57. The number of hydrogen-bond donors (Lipinski definition) is 0. The highest BCUT2D eigenvalue weighted by Crippen LogP contribution is 2.33. The van der Waals surface area contributed by atoms with Gasteiger partial charge >= 0.3 is 0 Å². The Morgan fingerprint density at radius 2 is 1.83 bits per heavy atom. The van der Waals surface area contributed by atoms with Crippen LogP contribution in [0.3, 0.4) is 0 Å². The van der Waals surface area contributed by atoms with Crippen molar-refractivity contribution in [3.05, 3.63) is 76.2 Å². The van der Waals surface area contributed by atoms with Crippen molar-refractivity contribution in [2.75, 3.05) is 31.2 Å². The summed E-state index contributed by atoms with van der Waals surface area (Å²) in [6, 6.07) is 6.36. The van der Waals surface area contributed by atoms with Crippen LogP contribution in [0.4, 0.5) is 8.78 Å². The molecule has 0 bridgehead atoms. The number of rotatable bonds is 3. The summed E-state index contributed by atoms with van der Waals surface area (Å²) < 4.78 is 29.0. The van der Waals surface area contributed by atoms with E-state index >= 15 is 0 Å². The molecule has 9 heteroatoms. The van der Waals surface area contributed by atoms with Gasteiger partial charge in [-0.05, 0) is 30.3 Å². The zero-order chi connectivity index (χ0) is 21.4. The first-order valence-electron chi connectivity index (χ1n) is 9.22. The van der Waals surface area contributed by atoms with Gasteiger partial charge < -0.3 is 9.91 Å². The van der Waals surface area contributed by atoms with Gasteiger partial charge in [-0.25, -0.2) is 18.4 Å². The number of nitrogens with zero attached hydrogens (tertiary/aromatic N) is 4. The number of piperazine rings is 1. The zero-order valence-corrected chi connectivity index (χ0v) is 16.6. The number of amides is 1.